The maximum absolute atomic E-state index is 3.69. The molecule has 0 amide bonds. The number of nitrogens with one attached hydrogen (secondary N) is 1. The zero-order valence-electron chi connectivity index (χ0n) is 10.4. The molecule has 0 saturated heterocycles. The van der Waals surface area contributed by atoms with Gasteiger partial charge in [0, 0.05) is 15.0 Å². The smallest absolute Gasteiger partial charge is 0.0525 e. The zero-order chi connectivity index (χ0) is 12.5. The molecular weight excluding hydrogens is 306 g/mol. The Morgan fingerprint density at radius 1 is 1.33 bits per heavy atom. The van der Waals surface area contributed by atoms with E-state index >= 15 is 0 Å². The minimum absolute atomic E-state index is 0.470. The van der Waals surface area contributed by atoms with E-state index in [0.717, 1.165) is 4.47 Å². The van der Waals surface area contributed by atoms with Gasteiger partial charge in [0.05, 0.1) is 6.04 Å². The first-order valence-corrected chi connectivity index (χ1v) is 8.00. The number of anilines is 1. The Labute approximate surface area is 120 Å². The van der Waals surface area contributed by atoms with Crippen molar-refractivity contribution in [1.29, 1.82) is 0 Å². The summed E-state index contributed by atoms with van der Waals surface area (Å²) in [4.78, 5) is 1.56. The van der Waals surface area contributed by atoms with Crippen LogP contribution in [0, 0.1) is 6.92 Å². The van der Waals surface area contributed by atoms with Gasteiger partial charge in [-0.1, -0.05) is 6.07 Å². The van der Waals surface area contributed by atoms with Crippen molar-refractivity contribution in [1.82, 2.24) is 0 Å². The Morgan fingerprint density at radius 3 is 3.11 bits per heavy atom. The van der Waals surface area contributed by atoms with E-state index in [2.05, 4.69) is 57.8 Å². The fraction of sp³-hybridized carbons (Fsp3) is 0.333. The van der Waals surface area contributed by atoms with E-state index in [1.807, 2.05) is 11.3 Å². The molecule has 3 heteroatoms. The Hall–Kier alpha value is -0.800. The maximum Gasteiger partial charge on any atom is 0.0525 e. The van der Waals surface area contributed by atoms with Gasteiger partial charge in [-0.05, 0) is 76.8 Å². The summed E-state index contributed by atoms with van der Waals surface area (Å²) < 4.78 is 1.15. The summed E-state index contributed by atoms with van der Waals surface area (Å²) in [6.07, 6.45) is 3.76. The van der Waals surface area contributed by atoms with E-state index in [-0.39, 0.29) is 0 Å². The van der Waals surface area contributed by atoms with Crippen LogP contribution in [0.2, 0.25) is 0 Å². The fourth-order valence-electron chi connectivity index (χ4n) is 2.57. The highest BCUT2D eigenvalue weighted by Crippen LogP contribution is 2.37. The van der Waals surface area contributed by atoms with Crippen LogP contribution in [0.5, 0.6) is 0 Å². The Balaban J connectivity index is 1.88. The normalized spacial score (nSPS) is 18.4. The Morgan fingerprint density at radius 2 is 2.22 bits per heavy atom. The van der Waals surface area contributed by atoms with E-state index in [4.69, 9.17) is 0 Å². The quantitative estimate of drug-likeness (QED) is 0.790. The average molecular weight is 322 g/mol. The second-order valence-electron chi connectivity index (χ2n) is 4.87. The molecule has 1 N–H and O–H groups in total. The highest BCUT2D eigenvalue weighted by Gasteiger charge is 2.21. The van der Waals surface area contributed by atoms with Gasteiger partial charge in [0.2, 0.25) is 0 Å². The molecule has 1 unspecified atom stereocenters. The first kappa shape index (κ1) is 12.2. The number of hydrogen-bond acceptors (Lipinski definition) is 2. The van der Waals surface area contributed by atoms with E-state index in [1.165, 1.54) is 36.1 Å². The summed E-state index contributed by atoms with van der Waals surface area (Å²) >= 11 is 5.52. The lowest BCUT2D eigenvalue weighted by molar-refractivity contribution is 0.608. The highest BCUT2D eigenvalue weighted by atomic mass is 79.9. The van der Waals surface area contributed by atoms with Crippen LogP contribution in [-0.4, -0.2) is 0 Å². The lowest BCUT2D eigenvalue weighted by Crippen LogP contribution is -2.15. The predicted molar refractivity (Wildman–Crippen MR) is 82.5 cm³/mol. The van der Waals surface area contributed by atoms with Gasteiger partial charge in [0.25, 0.3) is 0 Å². The lowest BCUT2D eigenvalue weighted by Gasteiger charge is -2.25. The summed E-state index contributed by atoms with van der Waals surface area (Å²) in [5.74, 6) is 0. The summed E-state index contributed by atoms with van der Waals surface area (Å²) in [5, 5.41) is 5.91. The first-order valence-electron chi connectivity index (χ1n) is 6.33. The molecule has 94 valence electrons. The maximum atomic E-state index is 3.69. The molecule has 1 aliphatic rings. The second-order valence-corrected chi connectivity index (χ2v) is 6.73. The predicted octanol–water partition coefficient (Wildman–Crippen LogP) is 5.31. The Kier molecular flexibility index (Phi) is 3.44. The third-order valence-electron chi connectivity index (χ3n) is 3.50. The summed E-state index contributed by atoms with van der Waals surface area (Å²) in [5.41, 5.74) is 4.00. The monoisotopic (exact) mass is 321 g/mol. The number of halogens is 1. The van der Waals surface area contributed by atoms with Gasteiger partial charge in [-0.3, -0.25) is 0 Å². The van der Waals surface area contributed by atoms with Crippen LogP contribution in [0.4, 0.5) is 5.69 Å². The molecule has 0 radical (unpaired) electrons. The number of benzene rings is 1. The molecule has 0 aliphatic heterocycles. The molecule has 0 spiro atoms. The summed E-state index contributed by atoms with van der Waals surface area (Å²) in [6, 6.07) is 9.21. The Bertz CT molecular complexity index is 561. The van der Waals surface area contributed by atoms with Gasteiger partial charge in [0.15, 0.2) is 0 Å². The third-order valence-corrected chi connectivity index (χ3v) is 5.19. The van der Waals surface area contributed by atoms with Gasteiger partial charge in [-0.2, -0.15) is 0 Å². The lowest BCUT2D eigenvalue weighted by atomic mass is 9.94. The van der Waals surface area contributed by atoms with Crippen molar-refractivity contribution in [3.8, 4) is 0 Å². The number of fused-ring (bicyclic) bond motifs is 1. The van der Waals surface area contributed by atoms with Crippen molar-refractivity contribution in [2.24, 2.45) is 0 Å². The minimum atomic E-state index is 0.470. The van der Waals surface area contributed by atoms with Gasteiger partial charge in [0.1, 0.15) is 0 Å². The van der Waals surface area contributed by atoms with Crippen LogP contribution in [0.3, 0.4) is 0 Å². The molecule has 2 aromatic rings. The molecule has 1 aromatic heterocycles. The number of aryl methyl sites for hydroxylation is 2. The molecule has 1 atom stereocenters. The van der Waals surface area contributed by atoms with Crippen LogP contribution in [-0.2, 0) is 6.42 Å². The minimum Gasteiger partial charge on any atom is -0.377 e. The molecule has 18 heavy (non-hydrogen) atoms. The summed E-state index contributed by atoms with van der Waals surface area (Å²) in [7, 11) is 0. The third kappa shape index (κ3) is 2.34. The van der Waals surface area contributed by atoms with Crippen molar-refractivity contribution in [2.45, 2.75) is 32.2 Å². The van der Waals surface area contributed by atoms with Crippen LogP contribution < -0.4 is 5.32 Å². The van der Waals surface area contributed by atoms with E-state index in [1.54, 1.807) is 4.88 Å². The fourth-order valence-corrected chi connectivity index (χ4v) is 3.92. The van der Waals surface area contributed by atoms with Gasteiger partial charge < -0.3 is 5.32 Å². The highest BCUT2D eigenvalue weighted by molar-refractivity contribution is 9.10. The van der Waals surface area contributed by atoms with Crippen molar-refractivity contribution in [2.75, 3.05) is 5.32 Å². The SMILES string of the molecule is Cc1ccc(Br)c(NC2CCCc3sccc32)c1. The first-order chi connectivity index (χ1) is 8.74. The topological polar surface area (TPSA) is 12.0 Å². The number of thiophene rings is 1. The summed E-state index contributed by atoms with van der Waals surface area (Å²) in [6.45, 7) is 2.13. The van der Waals surface area contributed by atoms with E-state index in [9.17, 15) is 0 Å². The number of rotatable bonds is 2. The molecular formula is C15H16BrNS. The van der Waals surface area contributed by atoms with Gasteiger partial charge in [-0.25, -0.2) is 0 Å². The molecule has 3 rings (SSSR count). The molecule has 0 fully saturated rings. The molecule has 1 nitrogen and oxygen atoms in total. The molecule has 1 aromatic carbocycles. The standard InChI is InChI=1S/C15H16BrNS/c1-10-5-6-12(16)14(9-10)17-13-3-2-4-15-11(13)7-8-18-15/h5-9,13,17H,2-4H2,1H3. The van der Waals surface area contributed by atoms with Crippen molar-refractivity contribution in [3.63, 3.8) is 0 Å². The van der Waals surface area contributed by atoms with Crippen molar-refractivity contribution in [3.05, 3.63) is 50.1 Å². The van der Waals surface area contributed by atoms with E-state index in [0.29, 0.717) is 6.04 Å². The van der Waals surface area contributed by atoms with Gasteiger partial charge in [-0.15, -0.1) is 11.3 Å². The van der Waals surface area contributed by atoms with Gasteiger partial charge >= 0.3 is 0 Å². The van der Waals surface area contributed by atoms with Crippen LogP contribution >= 0.6 is 27.3 Å². The van der Waals surface area contributed by atoms with Crippen LogP contribution in [0.15, 0.2) is 34.1 Å². The van der Waals surface area contributed by atoms with Crippen molar-refractivity contribution < 1.29 is 0 Å². The largest absolute Gasteiger partial charge is 0.377 e. The average Bonchev–Trinajstić information content (AvgIpc) is 2.83. The zero-order valence-corrected chi connectivity index (χ0v) is 12.8. The molecule has 1 aliphatic carbocycles. The molecule has 0 saturated carbocycles. The molecule has 1 heterocycles. The van der Waals surface area contributed by atoms with Crippen LogP contribution in [0.1, 0.15) is 34.9 Å². The number of hydrogen-bond donors (Lipinski definition) is 1. The van der Waals surface area contributed by atoms with E-state index < -0.39 is 0 Å². The van der Waals surface area contributed by atoms with Crippen LogP contribution in [0.25, 0.3) is 0 Å². The second kappa shape index (κ2) is 5.06. The van der Waals surface area contributed by atoms with Crippen molar-refractivity contribution >= 4 is 33.0 Å². The molecule has 0 bridgehead atoms.